The van der Waals surface area contributed by atoms with Crippen molar-refractivity contribution in [3.63, 3.8) is 0 Å². The predicted molar refractivity (Wildman–Crippen MR) is 88.4 cm³/mol. The van der Waals surface area contributed by atoms with E-state index in [-0.39, 0.29) is 0 Å². The molecule has 0 amide bonds. The molecular weight excluding hydrogens is 278 g/mol. The third-order valence-electron chi connectivity index (χ3n) is 2.98. The lowest BCUT2D eigenvalue weighted by Crippen LogP contribution is -2.29. The van der Waals surface area contributed by atoms with Crippen molar-refractivity contribution in [1.29, 1.82) is 0 Å². The highest BCUT2D eigenvalue weighted by molar-refractivity contribution is 7.80. The smallest absolute Gasteiger partial charge is 0.106 e. The van der Waals surface area contributed by atoms with Crippen LogP contribution >= 0.6 is 23.8 Å². The van der Waals surface area contributed by atoms with Crippen molar-refractivity contribution in [1.82, 2.24) is 4.90 Å². The summed E-state index contributed by atoms with van der Waals surface area (Å²) in [5.41, 5.74) is 7.71. The van der Waals surface area contributed by atoms with Crippen LogP contribution in [-0.4, -0.2) is 43.6 Å². The van der Waals surface area contributed by atoms with Gasteiger partial charge in [-0.2, -0.15) is 0 Å². The van der Waals surface area contributed by atoms with Crippen molar-refractivity contribution in [3.05, 3.63) is 28.8 Å². The lowest BCUT2D eigenvalue weighted by atomic mass is 10.1. The van der Waals surface area contributed by atoms with Gasteiger partial charge >= 0.3 is 0 Å². The van der Waals surface area contributed by atoms with Gasteiger partial charge < -0.3 is 15.5 Å². The number of hydrogen-bond donors (Lipinski definition) is 1. The normalized spacial score (nSPS) is 10.8. The minimum Gasteiger partial charge on any atom is -0.389 e. The molecule has 19 heavy (non-hydrogen) atoms. The van der Waals surface area contributed by atoms with Gasteiger partial charge in [0.15, 0.2) is 0 Å². The summed E-state index contributed by atoms with van der Waals surface area (Å²) in [4.78, 5) is 4.86. The molecule has 1 aromatic carbocycles. The highest BCUT2D eigenvalue weighted by Gasteiger charge is 2.12. The zero-order valence-corrected chi connectivity index (χ0v) is 13.4. The molecule has 1 rings (SSSR count). The minimum absolute atomic E-state index is 0.392. The van der Waals surface area contributed by atoms with Gasteiger partial charge in [-0.05, 0) is 52.2 Å². The largest absolute Gasteiger partial charge is 0.389 e. The fraction of sp³-hybridized carbons (Fsp3) is 0.500. The fourth-order valence-corrected chi connectivity index (χ4v) is 2.34. The summed E-state index contributed by atoms with van der Waals surface area (Å²) in [6, 6.07) is 5.72. The number of rotatable bonds is 7. The fourth-order valence-electron chi connectivity index (χ4n) is 2.01. The summed E-state index contributed by atoms with van der Waals surface area (Å²) in [5, 5.41) is 0.663. The Labute approximate surface area is 126 Å². The van der Waals surface area contributed by atoms with Gasteiger partial charge in [0.25, 0.3) is 0 Å². The van der Waals surface area contributed by atoms with Crippen LogP contribution in [-0.2, 0) is 0 Å². The minimum atomic E-state index is 0.392. The number of hydrogen-bond acceptors (Lipinski definition) is 3. The van der Waals surface area contributed by atoms with E-state index in [1.807, 2.05) is 18.2 Å². The zero-order valence-electron chi connectivity index (χ0n) is 11.8. The van der Waals surface area contributed by atoms with Crippen molar-refractivity contribution in [3.8, 4) is 0 Å². The first-order valence-electron chi connectivity index (χ1n) is 6.44. The van der Waals surface area contributed by atoms with E-state index in [0.717, 1.165) is 37.3 Å². The molecule has 0 heterocycles. The number of halogens is 1. The first-order valence-corrected chi connectivity index (χ1v) is 7.23. The average Bonchev–Trinajstić information content (AvgIpc) is 2.34. The van der Waals surface area contributed by atoms with E-state index in [0.29, 0.717) is 10.0 Å². The van der Waals surface area contributed by atoms with E-state index in [9.17, 15) is 0 Å². The molecule has 0 fully saturated rings. The second-order valence-corrected chi connectivity index (χ2v) is 5.64. The molecule has 0 aliphatic carbocycles. The van der Waals surface area contributed by atoms with Gasteiger partial charge in [0.05, 0.1) is 0 Å². The van der Waals surface area contributed by atoms with Gasteiger partial charge in [0, 0.05) is 29.4 Å². The SMILES string of the molecule is CCN(CCCN(C)C)c1ccc(Cl)cc1C(N)=S. The summed E-state index contributed by atoms with van der Waals surface area (Å²) in [6.45, 7) is 5.09. The van der Waals surface area contributed by atoms with E-state index in [4.69, 9.17) is 29.6 Å². The summed E-state index contributed by atoms with van der Waals surface area (Å²) in [6.07, 6.45) is 1.10. The van der Waals surface area contributed by atoms with Crippen LogP contribution in [0.5, 0.6) is 0 Å². The van der Waals surface area contributed by atoms with E-state index in [1.54, 1.807) is 0 Å². The van der Waals surface area contributed by atoms with Crippen LogP contribution in [0.2, 0.25) is 5.02 Å². The first kappa shape index (κ1) is 16.2. The second-order valence-electron chi connectivity index (χ2n) is 4.76. The molecule has 0 aliphatic heterocycles. The van der Waals surface area contributed by atoms with Crippen LogP contribution in [0.4, 0.5) is 5.69 Å². The highest BCUT2D eigenvalue weighted by Crippen LogP contribution is 2.24. The molecule has 0 saturated heterocycles. The molecule has 0 bridgehead atoms. The maximum absolute atomic E-state index is 6.01. The van der Waals surface area contributed by atoms with Crippen molar-refractivity contribution >= 4 is 34.5 Å². The molecule has 0 aliphatic rings. The van der Waals surface area contributed by atoms with Gasteiger partial charge in [-0.3, -0.25) is 0 Å². The quantitative estimate of drug-likeness (QED) is 0.785. The third-order valence-corrected chi connectivity index (χ3v) is 3.43. The Morgan fingerprint density at radius 2 is 2.00 bits per heavy atom. The number of nitrogens with zero attached hydrogens (tertiary/aromatic N) is 2. The zero-order chi connectivity index (χ0) is 14.4. The average molecular weight is 300 g/mol. The molecule has 0 atom stereocenters. The van der Waals surface area contributed by atoms with Crippen LogP contribution in [0.25, 0.3) is 0 Å². The van der Waals surface area contributed by atoms with Gasteiger partial charge in [0.2, 0.25) is 0 Å². The molecule has 0 radical (unpaired) electrons. The van der Waals surface area contributed by atoms with Crippen molar-refractivity contribution < 1.29 is 0 Å². The Morgan fingerprint density at radius 1 is 1.32 bits per heavy atom. The Kier molecular flexibility index (Phi) is 6.55. The van der Waals surface area contributed by atoms with Crippen molar-refractivity contribution in [2.45, 2.75) is 13.3 Å². The molecule has 0 unspecified atom stereocenters. The summed E-state index contributed by atoms with van der Waals surface area (Å²) < 4.78 is 0. The van der Waals surface area contributed by atoms with Crippen molar-refractivity contribution in [2.75, 3.05) is 38.6 Å². The monoisotopic (exact) mass is 299 g/mol. The number of anilines is 1. The molecule has 0 aromatic heterocycles. The number of thiocarbonyl (C=S) groups is 1. The molecule has 5 heteroatoms. The standard InChI is InChI=1S/C14H22ClN3S/c1-4-18(9-5-8-17(2)3)13-7-6-11(15)10-12(13)14(16)19/h6-7,10H,4-5,8-9H2,1-3H3,(H2,16,19). The molecule has 0 spiro atoms. The molecule has 3 nitrogen and oxygen atoms in total. The number of benzene rings is 1. The van der Waals surface area contributed by atoms with E-state index in [2.05, 4.69) is 30.8 Å². The summed E-state index contributed by atoms with van der Waals surface area (Å²) in [7, 11) is 4.16. The maximum atomic E-state index is 6.01. The van der Waals surface area contributed by atoms with Gasteiger partial charge in [-0.25, -0.2) is 0 Å². The second kappa shape index (κ2) is 7.68. The summed E-state index contributed by atoms with van der Waals surface area (Å²) in [5.74, 6) is 0. The molecule has 0 saturated carbocycles. The van der Waals surface area contributed by atoms with E-state index in [1.165, 1.54) is 0 Å². The topological polar surface area (TPSA) is 32.5 Å². The predicted octanol–water partition coefficient (Wildman–Crippen LogP) is 2.75. The Hall–Kier alpha value is -0.840. The maximum Gasteiger partial charge on any atom is 0.106 e. The molecule has 2 N–H and O–H groups in total. The van der Waals surface area contributed by atoms with E-state index < -0.39 is 0 Å². The number of nitrogens with two attached hydrogens (primary N) is 1. The van der Waals surface area contributed by atoms with Gasteiger partial charge in [-0.15, -0.1) is 0 Å². The Bertz CT molecular complexity index is 435. The van der Waals surface area contributed by atoms with E-state index >= 15 is 0 Å². The molecule has 1 aromatic rings. The van der Waals surface area contributed by atoms with Crippen LogP contribution < -0.4 is 10.6 Å². The highest BCUT2D eigenvalue weighted by atomic mass is 35.5. The third kappa shape index (κ3) is 4.97. The Morgan fingerprint density at radius 3 is 2.53 bits per heavy atom. The van der Waals surface area contributed by atoms with Crippen LogP contribution in [0.15, 0.2) is 18.2 Å². The van der Waals surface area contributed by atoms with Crippen molar-refractivity contribution in [2.24, 2.45) is 5.73 Å². The summed E-state index contributed by atoms with van der Waals surface area (Å²) >= 11 is 11.1. The first-order chi connectivity index (χ1) is 8.95. The Balaban J connectivity index is 2.88. The van der Waals surface area contributed by atoms with Crippen LogP contribution in [0.1, 0.15) is 18.9 Å². The lowest BCUT2D eigenvalue weighted by Gasteiger charge is -2.26. The van der Waals surface area contributed by atoms with Gasteiger partial charge in [0.1, 0.15) is 4.99 Å². The van der Waals surface area contributed by atoms with Gasteiger partial charge in [-0.1, -0.05) is 23.8 Å². The lowest BCUT2D eigenvalue weighted by molar-refractivity contribution is 0.400. The van der Waals surface area contributed by atoms with Crippen LogP contribution in [0, 0.1) is 0 Å². The molecule has 106 valence electrons. The molecular formula is C14H22ClN3S. The van der Waals surface area contributed by atoms with Crippen LogP contribution in [0.3, 0.4) is 0 Å².